The van der Waals surface area contributed by atoms with E-state index in [1.807, 2.05) is 24.3 Å². The molecule has 0 atom stereocenters. The number of hydrogen-bond donors (Lipinski definition) is 1. The zero-order chi connectivity index (χ0) is 16.2. The number of anilines is 1. The van der Waals surface area contributed by atoms with Crippen LogP contribution >= 0.6 is 15.9 Å². The molecule has 0 unspecified atom stereocenters. The summed E-state index contributed by atoms with van der Waals surface area (Å²) in [5.41, 5.74) is 3.48. The number of benzene rings is 2. The molecule has 0 radical (unpaired) electrons. The molecule has 0 saturated carbocycles. The summed E-state index contributed by atoms with van der Waals surface area (Å²) in [4.78, 5) is 12.0. The van der Waals surface area contributed by atoms with Crippen molar-refractivity contribution in [2.45, 2.75) is 39.0 Å². The topological polar surface area (TPSA) is 29.1 Å². The number of amides is 1. The Bertz CT molecular complexity index is 641. The second kappa shape index (κ2) is 7.10. The summed E-state index contributed by atoms with van der Waals surface area (Å²) < 4.78 is 0.901. The monoisotopic (exact) mass is 359 g/mol. The lowest BCUT2D eigenvalue weighted by atomic mass is 9.86. The van der Waals surface area contributed by atoms with Gasteiger partial charge in [-0.1, -0.05) is 57.2 Å². The third-order valence-corrected chi connectivity index (χ3v) is 4.30. The summed E-state index contributed by atoms with van der Waals surface area (Å²) >= 11 is 3.43. The molecular weight excluding hydrogens is 338 g/mol. The van der Waals surface area contributed by atoms with Gasteiger partial charge in [0.05, 0.1) is 5.69 Å². The first kappa shape index (κ1) is 16.8. The minimum Gasteiger partial charge on any atom is -0.325 e. The van der Waals surface area contributed by atoms with Crippen molar-refractivity contribution in [3.05, 3.63) is 64.1 Å². The van der Waals surface area contributed by atoms with Gasteiger partial charge < -0.3 is 5.32 Å². The highest BCUT2D eigenvalue weighted by Crippen LogP contribution is 2.23. The standard InChI is InChI=1S/C19H22BrNO/c1-19(2,3)15-11-8-14(9-12-15)10-13-18(22)21-17-7-5-4-6-16(17)20/h4-9,11-12H,10,13H2,1-3H3,(H,21,22). The van der Waals surface area contributed by atoms with Gasteiger partial charge in [-0.05, 0) is 51.0 Å². The molecule has 0 saturated heterocycles. The fourth-order valence-corrected chi connectivity index (χ4v) is 2.59. The Morgan fingerprint density at radius 2 is 1.68 bits per heavy atom. The van der Waals surface area contributed by atoms with Gasteiger partial charge in [-0.2, -0.15) is 0 Å². The van der Waals surface area contributed by atoms with E-state index in [0.29, 0.717) is 6.42 Å². The van der Waals surface area contributed by atoms with Crippen molar-refractivity contribution in [2.75, 3.05) is 5.32 Å². The van der Waals surface area contributed by atoms with Gasteiger partial charge in [0.15, 0.2) is 0 Å². The first-order valence-electron chi connectivity index (χ1n) is 7.50. The quantitative estimate of drug-likeness (QED) is 0.786. The van der Waals surface area contributed by atoms with Gasteiger partial charge >= 0.3 is 0 Å². The molecule has 0 aliphatic carbocycles. The fourth-order valence-electron chi connectivity index (χ4n) is 2.20. The maximum atomic E-state index is 12.0. The molecule has 0 heterocycles. The summed E-state index contributed by atoms with van der Waals surface area (Å²) in [5, 5.41) is 2.93. The molecule has 1 N–H and O–H groups in total. The zero-order valence-corrected chi connectivity index (χ0v) is 14.9. The maximum Gasteiger partial charge on any atom is 0.224 e. The Morgan fingerprint density at radius 3 is 2.27 bits per heavy atom. The summed E-state index contributed by atoms with van der Waals surface area (Å²) in [7, 11) is 0. The minimum absolute atomic E-state index is 0.0341. The molecule has 0 spiro atoms. The smallest absolute Gasteiger partial charge is 0.224 e. The number of halogens is 1. The van der Waals surface area contributed by atoms with Gasteiger partial charge in [-0.25, -0.2) is 0 Å². The molecule has 2 nitrogen and oxygen atoms in total. The first-order valence-corrected chi connectivity index (χ1v) is 8.29. The van der Waals surface area contributed by atoms with Crippen LogP contribution in [0.3, 0.4) is 0 Å². The van der Waals surface area contributed by atoms with Crippen molar-refractivity contribution < 1.29 is 4.79 Å². The Morgan fingerprint density at radius 1 is 1.05 bits per heavy atom. The molecule has 1 amide bonds. The van der Waals surface area contributed by atoms with E-state index in [-0.39, 0.29) is 11.3 Å². The van der Waals surface area contributed by atoms with Crippen LogP contribution in [-0.2, 0) is 16.6 Å². The van der Waals surface area contributed by atoms with Crippen LogP contribution < -0.4 is 5.32 Å². The Balaban J connectivity index is 1.90. The van der Waals surface area contributed by atoms with E-state index in [1.165, 1.54) is 11.1 Å². The lowest BCUT2D eigenvalue weighted by Gasteiger charge is -2.19. The maximum absolute atomic E-state index is 12.0. The second-order valence-corrected chi connectivity index (χ2v) is 7.33. The summed E-state index contributed by atoms with van der Waals surface area (Å²) in [5.74, 6) is 0.0341. The van der Waals surface area contributed by atoms with Crippen molar-refractivity contribution in [3.8, 4) is 0 Å². The number of carbonyl (C=O) groups is 1. The molecule has 0 aromatic heterocycles. The molecule has 3 heteroatoms. The summed E-state index contributed by atoms with van der Waals surface area (Å²) in [6.45, 7) is 6.60. The molecule has 0 aliphatic rings. The predicted octanol–water partition coefficient (Wildman–Crippen LogP) is 5.32. The van der Waals surface area contributed by atoms with E-state index in [1.54, 1.807) is 0 Å². The molecule has 0 fully saturated rings. The molecule has 2 aromatic carbocycles. The van der Waals surface area contributed by atoms with Crippen molar-refractivity contribution in [1.29, 1.82) is 0 Å². The van der Waals surface area contributed by atoms with E-state index in [9.17, 15) is 4.79 Å². The minimum atomic E-state index is 0.0341. The highest BCUT2D eigenvalue weighted by Gasteiger charge is 2.13. The van der Waals surface area contributed by atoms with E-state index >= 15 is 0 Å². The molecule has 0 bridgehead atoms. The van der Waals surface area contributed by atoms with Crippen LogP contribution in [0.1, 0.15) is 38.3 Å². The van der Waals surface area contributed by atoms with Gasteiger partial charge in [0.25, 0.3) is 0 Å². The Labute approximate surface area is 141 Å². The van der Waals surface area contributed by atoms with Crippen LogP contribution in [-0.4, -0.2) is 5.91 Å². The third-order valence-electron chi connectivity index (χ3n) is 3.61. The number of aryl methyl sites for hydroxylation is 1. The zero-order valence-electron chi connectivity index (χ0n) is 13.3. The predicted molar refractivity (Wildman–Crippen MR) is 96.2 cm³/mol. The fraction of sp³-hybridized carbons (Fsp3) is 0.316. The summed E-state index contributed by atoms with van der Waals surface area (Å²) in [6.07, 6.45) is 1.23. The van der Waals surface area contributed by atoms with Crippen LogP contribution in [0, 0.1) is 0 Å². The van der Waals surface area contributed by atoms with E-state index < -0.39 is 0 Å². The summed E-state index contributed by atoms with van der Waals surface area (Å²) in [6, 6.07) is 16.2. The van der Waals surface area contributed by atoms with E-state index in [2.05, 4.69) is 66.3 Å². The van der Waals surface area contributed by atoms with Crippen molar-refractivity contribution in [2.24, 2.45) is 0 Å². The van der Waals surface area contributed by atoms with Crippen LogP contribution in [0.2, 0.25) is 0 Å². The van der Waals surface area contributed by atoms with Crippen molar-refractivity contribution in [3.63, 3.8) is 0 Å². The van der Waals surface area contributed by atoms with Crippen molar-refractivity contribution >= 4 is 27.5 Å². The number of rotatable bonds is 4. The molecule has 116 valence electrons. The number of carbonyl (C=O) groups excluding carboxylic acids is 1. The van der Waals surface area contributed by atoms with E-state index in [4.69, 9.17) is 0 Å². The molecule has 22 heavy (non-hydrogen) atoms. The molecule has 2 rings (SSSR count). The second-order valence-electron chi connectivity index (χ2n) is 6.47. The highest BCUT2D eigenvalue weighted by atomic mass is 79.9. The van der Waals surface area contributed by atoms with Crippen LogP contribution in [0.4, 0.5) is 5.69 Å². The number of nitrogens with one attached hydrogen (secondary N) is 1. The van der Waals surface area contributed by atoms with E-state index in [0.717, 1.165) is 16.6 Å². The van der Waals surface area contributed by atoms with Gasteiger partial charge in [0.1, 0.15) is 0 Å². The van der Waals surface area contributed by atoms with Gasteiger partial charge in [0, 0.05) is 10.9 Å². The highest BCUT2D eigenvalue weighted by molar-refractivity contribution is 9.10. The first-order chi connectivity index (χ1) is 10.4. The number of hydrogen-bond acceptors (Lipinski definition) is 1. The van der Waals surface area contributed by atoms with Crippen LogP contribution in [0.25, 0.3) is 0 Å². The molecular formula is C19H22BrNO. The van der Waals surface area contributed by atoms with Crippen LogP contribution in [0.5, 0.6) is 0 Å². The van der Waals surface area contributed by atoms with Crippen LogP contribution in [0.15, 0.2) is 53.0 Å². The lowest BCUT2D eigenvalue weighted by molar-refractivity contribution is -0.116. The molecule has 2 aromatic rings. The molecule has 0 aliphatic heterocycles. The SMILES string of the molecule is CC(C)(C)c1ccc(CCC(=O)Nc2ccccc2Br)cc1. The normalized spacial score (nSPS) is 11.3. The van der Waals surface area contributed by atoms with Gasteiger partial charge in [0.2, 0.25) is 5.91 Å². The lowest BCUT2D eigenvalue weighted by Crippen LogP contribution is -2.13. The van der Waals surface area contributed by atoms with Crippen molar-refractivity contribution in [1.82, 2.24) is 0 Å². The average Bonchev–Trinajstić information content (AvgIpc) is 2.47. The Hall–Kier alpha value is -1.61. The van der Waals surface area contributed by atoms with Gasteiger partial charge in [-0.3, -0.25) is 4.79 Å². The number of para-hydroxylation sites is 1. The third kappa shape index (κ3) is 4.70. The average molecular weight is 360 g/mol. The van der Waals surface area contributed by atoms with Gasteiger partial charge in [-0.15, -0.1) is 0 Å². The Kier molecular flexibility index (Phi) is 5.41. The largest absolute Gasteiger partial charge is 0.325 e.